The number of methoxy groups -OCH3 is 2. The second-order valence-corrected chi connectivity index (χ2v) is 4.41. The first-order valence-corrected chi connectivity index (χ1v) is 5.95. The van der Waals surface area contributed by atoms with E-state index in [0.29, 0.717) is 22.3 Å². The van der Waals surface area contributed by atoms with Crippen LogP contribution in [0.25, 0.3) is 11.1 Å². The van der Waals surface area contributed by atoms with Gasteiger partial charge in [0, 0.05) is 22.3 Å². The fourth-order valence-electron chi connectivity index (χ4n) is 2.54. The lowest BCUT2D eigenvalue weighted by Gasteiger charge is -2.13. The van der Waals surface area contributed by atoms with E-state index in [1.54, 1.807) is 12.1 Å². The average molecular weight is 272 g/mol. The van der Waals surface area contributed by atoms with Crippen molar-refractivity contribution < 1.29 is 24.5 Å². The van der Waals surface area contributed by atoms with Gasteiger partial charge in [-0.25, -0.2) is 0 Å². The van der Waals surface area contributed by atoms with Crippen LogP contribution in [0.3, 0.4) is 0 Å². The van der Waals surface area contributed by atoms with Crippen molar-refractivity contribution >= 4 is 5.78 Å². The molecule has 0 heterocycles. The summed E-state index contributed by atoms with van der Waals surface area (Å²) in [5.74, 6) is -0.188. The molecule has 5 nitrogen and oxygen atoms in total. The molecule has 0 amide bonds. The maximum atomic E-state index is 12.4. The Morgan fingerprint density at radius 2 is 1.75 bits per heavy atom. The molecule has 1 aliphatic carbocycles. The highest BCUT2D eigenvalue weighted by Gasteiger charge is 2.34. The van der Waals surface area contributed by atoms with E-state index in [4.69, 9.17) is 9.47 Å². The van der Waals surface area contributed by atoms with Crippen molar-refractivity contribution in [3.05, 3.63) is 35.4 Å². The van der Waals surface area contributed by atoms with Crippen LogP contribution in [0, 0.1) is 0 Å². The van der Waals surface area contributed by atoms with Gasteiger partial charge in [0.15, 0.2) is 17.3 Å². The summed E-state index contributed by atoms with van der Waals surface area (Å²) < 4.78 is 10.2. The number of aromatic hydroxyl groups is 2. The monoisotopic (exact) mass is 272 g/mol. The minimum absolute atomic E-state index is 0.0301. The highest BCUT2D eigenvalue weighted by molar-refractivity contribution is 6.24. The molecule has 102 valence electrons. The molecule has 2 aromatic rings. The summed E-state index contributed by atoms with van der Waals surface area (Å²) in [6.07, 6.45) is 0. The molecule has 0 radical (unpaired) electrons. The maximum absolute atomic E-state index is 12.4. The predicted octanol–water partition coefficient (Wildman–Crippen LogP) is 2.33. The van der Waals surface area contributed by atoms with Gasteiger partial charge in [0.25, 0.3) is 0 Å². The maximum Gasteiger partial charge on any atom is 0.201 e. The summed E-state index contributed by atoms with van der Waals surface area (Å²) >= 11 is 0. The Bertz CT molecular complexity index is 734. The number of benzene rings is 2. The topological polar surface area (TPSA) is 76.0 Å². The fraction of sp³-hybridized carbons (Fsp3) is 0.133. The Labute approximate surface area is 115 Å². The van der Waals surface area contributed by atoms with Crippen LogP contribution in [-0.4, -0.2) is 30.2 Å². The van der Waals surface area contributed by atoms with E-state index in [1.807, 2.05) is 0 Å². The van der Waals surface area contributed by atoms with Crippen molar-refractivity contribution in [2.24, 2.45) is 0 Å². The van der Waals surface area contributed by atoms with E-state index in [1.165, 1.54) is 26.4 Å². The number of phenols is 2. The molecule has 0 fully saturated rings. The molecule has 2 N–H and O–H groups in total. The second kappa shape index (κ2) is 4.16. The number of rotatable bonds is 2. The number of carbonyl (C=O) groups excluding carboxylic acids is 1. The van der Waals surface area contributed by atoms with E-state index in [2.05, 4.69) is 0 Å². The van der Waals surface area contributed by atoms with Gasteiger partial charge in [0.05, 0.1) is 14.2 Å². The minimum atomic E-state index is -0.234. The Morgan fingerprint density at radius 3 is 2.40 bits per heavy atom. The Morgan fingerprint density at radius 1 is 1.00 bits per heavy atom. The normalized spacial score (nSPS) is 12.0. The standard InChI is InChI=1S/C15H12O5/c1-19-10-6-8-12(15(20-2)14(10)18)11-7(13(8)17)4-3-5-9(11)16/h3-6,16,18H,1-2H3. The zero-order valence-electron chi connectivity index (χ0n) is 10.9. The van der Waals surface area contributed by atoms with Crippen LogP contribution in [0.15, 0.2) is 24.3 Å². The van der Waals surface area contributed by atoms with Crippen molar-refractivity contribution in [3.63, 3.8) is 0 Å². The van der Waals surface area contributed by atoms with Gasteiger partial charge in [-0.1, -0.05) is 12.1 Å². The molecule has 0 spiro atoms. The van der Waals surface area contributed by atoms with E-state index in [-0.39, 0.29) is 28.8 Å². The molecule has 0 saturated heterocycles. The van der Waals surface area contributed by atoms with Crippen molar-refractivity contribution in [2.75, 3.05) is 14.2 Å². The molecule has 20 heavy (non-hydrogen) atoms. The van der Waals surface area contributed by atoms with E-state index in [9.17, 15) is 15.0 Å². The summed E-state index contributed by atoms with van der Waals surface area (Å²) in [4.78, 5) is 12.4. The molecule has 2 aromatic carbocycles. The van der Waals surface area contributed by atoms with Crippen molar-refractivity contribution in [1.82, 2.24) is 0 Å². The molecule has 5 heteroatoms. The van der Waals surface area contributed by atoms with Gasteiger partial charge in [0.1, 0.15) is 5.75 Å². The molecular weight excluding hydrogens is 260 g/mol. The predicted molar refractivity (Wildman–Crippen MR) is 71.7 cm³/mol. The van der Waals surface area contributed by atoms with Crippen LogP contribution in [0.4, 0.5) is 0 Å². The quantitative estimate of drug-likeness (QED) is 0.748. The average Bonchev–Trinajstić information content (AvgIpc) is 2.73. The number of phenolic OH excluding ortho intramolecular Hbond substituents is 2. The van der Waals surface area contributed by atoms with Crippen molar-refractivity contribution in [2.45, 2.75) is 0 Å². The van der Waals surface area contributed by atoms with Crippen molar-refractivity contribution in [3.8, 4) is 34.1 Å². The lowest BCUT2D eigenvalue weighted by Crippen LogP contribution is -1.97. The van der Waals surface area contributed by atoms with Gasteiger partial charge < -0.3 is 19.7 Å². The molecule has 0 saturated carbocycles. The van der Waals surface area contributed by atoms with Crippen LogP contribution in [0.2, 0.25) is 0 Å². The second-order valence-electron chi connectivity index (χ2n) is 4.41. The summed E-state index contributed by atoms with van der Waals surface area (Å²) in [6, 6.07) is 6.17. The highest BCUT2D eigenvalue weighted by Crippen LogP contribution is 2.53. The highest BCUT2D eigenvalue weighted by atomic mass is 16.5. The van der Waals surface area contributed by atoms with Gasteiger partial charge >= 0.3 is 0 Å². The summed E-state index contributed by atoms with van der Waals surface area (Å²) in [5.41, 5.74) is 1.49. The molecular formula is C15H12O5. The smallest absolute Gasteiger partial charge is 0.201 e. The number of ether oxygens (including phenoxy) is 2. The molecule has 0 aromatic heterocycles. The van der Waals surface area contributed by atoms with Crippen LogP contribution in [0.1, 0.15) is 15.9 Å². The zero-order valence-corrected chi connectivity index (χ0v) is 10.9. The van der Waals surface area contributed by atoms with Gasteiger partial charge in [0.2, 0.25) is 5.75 Å². The number of hydrogen-bond donors (Lipinski definition) is 2. The summed E-state index contributed by atoms with van der Waals surface area (Å²) in [7, 11) is 2.78. The molecule has 0 bridgehead atoms. The lowest BCUT2D eigenvalue weighted by atomic mass is 10.0. The van der Waals surface area contributed by atoms with Crippen LogP contribution in [0.5, 0.6) is 23.0 Å². The van der Waals surface area contributed by atoms with Crippen LogP contribution >= 0.6 is 0 Å². The third-order valence-corrected chi connectivity index (χ3v) is 3.43. The van der Waals surface area contributed by atoms with Gasteiger partial charge in [-0.05, 0) is 12.1 Å². The first-order valence-electron chi connectivity index (χ1n) is 5.95. The Balaban J connectivity index is 2.44. The zero-order chi connectivity index (χ0) is 14.4. The Kier molecular flexibility index (Phi) is 2.57. The number of hydrogen-bond acceptors (Lipinski definition) is 5. The third kappa shape index (κ3) is 1.40. The number of carbonyl (C=O) groups is 1. The third-order valence-electron chi connectivity index (χ3n) is 3.43. The molecule has 3 rings (SSSR count). The fourth-order valence-corrected chi connectivity index (χ4v) is 2.54. The first-order chi connectivity index (χ1) is 9.60. The van der Waals surface area contributed by atoms with E-state index < -0.39 is 0 Å². The molecule has 1 aliphatic rings. The van der Waals surface area contributed by atoms with E-state index in [0.717, 1.165) is 0 Å². The lowest BCUT2D eigenvalue weighted by molar-refractivity contribution is 0.104. The van der Waals surface area contributed by atoms with Gasteiger partial charge in [-0.15, -0.1) is 0 Å². The summed E-state index contributed by atoms with van der Waals surface area (Å²) in [6.45, 7) is 0. The number of fused-ring (bicyclic) bond motifs is 3. The van der Waals surface area contributed by atoms with Crippen LogP contribution in [-0.2, 0) is 0 Å². The van der Waals surface area contributed by atoms with Crippen molar-refractivity contribution in [1.29, 1.82) is 0 Å². The largest absolute Gasteiger partial charge is 0.507 e. The Hall–Kier alpha value is -2.69. The van der Waals surface area contributed by atoms with Gasteiger partial charge in [-0.3, -0.25) is 4.79 Å². The van der Waals surface area contributed by atoms with Crippen LogP contribution < -0.4 is 9.47 Å². The summed E-state index contributed by atoms with van der Waals surface area (Å²) in [5, 5.41) is 20.1. The van der Waals surface area contributed by atoms with E-state index >= 15 is 0 Å². The number of ketones is 1. The first kappa shape index (κ1) is 12.3. The molecule has 0 aliphatic heterocycles. The molecule has 0 atom stereocenters. The molecule has 0 unspecified atom stereocenters. The van der Waals surface area contributed by atoms with Gasteiger partial charge in [-0.2, -0.15) is 0 Å². The SMILES string of the molecule is COc1cc2c(c(OC)c1O)-c1c(O)cccc1C2=O. The minimum Gasteiger partial charge on any atom is -0.507 e.